The Morgan fingerprint density at radius 3 is 2.24 bits per heavy atom. The summed E-state index contributed by atoms with van der Waals surface area (Å²) >= 11 is 0. The molecular weight excluding hydrogens is 338 g/mol. The number of hydrogen-bond donors (Lipinski definition) is 1. The third-order valence-corrected chi connectivity index (χ3v) is 9.59. The Labute approximate surface area is 153 Å². The van der Waals surface area contributed by atoms with Crippen molar-refractivity contribution in [3.8, 4) is 0 Å². The van der Waals surface area contributed by atoms with Crippen LogP contribution in [-0.4, -0.2) is 55.2 Å². The Kier molecular flexibility index (Phi) is 6.52. The van der Waals surface area contributed by atoms with Gasteiger partial charge in [0, 0.05) is 6.54 Å². The molecule has 25 heavy (non-hydrogen) atoms. The summed E-state index contributed by atoms with van der Waals surface area (Å²) in [6, 6.07) is 0. The van der Waals surface area contributed by atoms with Gasteiger partial charge in [-0.15, -0.1) is 0 Å². The topological polar surface area (TPSA) is 76.1 Å². The summed E-state index contributed by atoms with van der Waals surface area (Å²) in [6.45, 7) is 18.1. The molecule has 1 saturated heterocycles. The molecule has 1 aliphatic heterocycles. The quantitative estimate of drug-likeness (QED) is 0.764. The van der Waals surface area contributed by atoms with E-state index in [1.165, 1.54) is 0 Å². The van der Waals surface area contributed by atoms with Crippen LogP contribution in [0.5, 0.6) is 0 Å². The van der Waals surface area contributed by atoms with Crippen LogP contribution in [0.1, 0.15) is 48.5 Å². The van der Waals surface area contributed by atoms with Crippen molar-refractivity contribution in [1.29, 1.82) is 0 Å². The highest BCUT2D eigenvalue weighted by atomic mass is 28.4. The molecule has 3 unspecified atom stereocenters. The molecule has 0 aromatic rings. The molecule has 1 N–H and O–H groups in total. The van der Waals surface area contributed by atoms with Crippen LogP contribution in [0.15, 0.2) is 0 Å². The average Bonchev–Trinajstić information content (AvgIpc) is 2.68. The molecule has 6 nitrogen and oxygen atoms in total. The van der Waals surface area contributed by atoms with E-state index in [0.29, 0.717) is 0 Å². The molecule has 0 aromatic carbocycles. The summed E-state index contributed by atoms with van der Waals surface area (Å²) in [5.41, 5.74) is -0.664. The summed E-state index contributed by atoms with van der Waals surface area (Å²) in [7, 11) is -2.01. The highest BCUT2D eigenvalue weighted by Crippen LogP contribution is 2.37. The summed E-state index contributed by atoms with van der Waals surface area (Å²) in [4.78, 5) is 25.9. The lowest BCUT2D eigenvalue weighted by Crippen LogP contribution is -2.45. The number of ether oxygens (including phenoxy) is 1. The van der Waals surface area contributed by atoms with Crippen molar-refractivity contribution in [3.63, 3.8) is 0 Å². The largest absolute Gasteiger partial charge is 0.443 e. The number of aliphatic hydroxyl groups excluding tert-OH is 1. The summed E-state index contributed by atoms with van der Waals surface area (Å²) < 4.78 is 11.3. The van der Waals surface area contributed by atoms with E-state index in [1.54, 1.807) is 20.8 Å². The standard InChI is InChI=1S/C18H35NO5Si/c1-12-10-19(16(22)24-17(2,3)4)15(21)14(12)13(20)11-23-25(8,9)18(5,6)7/h12-14,20H,10-11H2,1-9H3. The van der Waals surface area contributed by atoms with Gasteiger partial charge < -0.3 is 14.3 Å². The van der Waals surface area contributed by atoms with Gasteiger partial charge in [0.15, 0.2) is 8.32 Å². The fourth-order valence-corrected chi connectivity index (χ4v) is 3.57. The Balaban J connectivity index is 2.76. The number of aliphatic hydroxyl groups is 1. The van der Waals surface area contributed by atoms with Crippen LogP contribution in [-0.2, 0) is 14.0 Å². The lowest BCUT2D eigenvalue weighted by molar-refractivity contribution is -0.134. The summed E-state index contributed by atoms with van der Waals surface area (Å²) in [5, 5.41) is 10.6. The maximum atomic E-state index is 12.6. The van der Waals surface area contributed by atoms with Gasteiger partial charge in [0.25, 0.3) is 0 Å². The lowest BCUT2D eigenvalue weighted by atomic mass is 9.92. The highest BCUT2D eigenvalue weighted by Gasteiger charge is 2.47. The van der Waals surface area contributed by atoms with Crippen LogP contribution in [0.25, 0.3) is 0 Å². The van der Waals surface area contributed by atoms with Crippen molar-refractivity contribution in [2.45, 2.75) is 78.3 Å². The van der Waals surface area contributed by atoms with Gasteiger partial charge in [-0.05, 0) is 44.8 Å². The van der Waals surface area contributed by atoms with E-state index in [0.717, 1.165) is 4.90 Å². The number of imide groups is 1. The minimum atomic E-state index is -2.01. The normalized spacial score (nSPS) is 23.8. The van der Waals surface area contributed by atoms with Gasteiger partial charge in [-0.1, -0.05) is 27.7 Å². The molecule has 0 saturated carbocycles. The van der Waals surface area contributed by atoms with Crippen molar-refractivity contribution in [1.82, 2.24) is 4.90 Å². The molecule has 0 radical (unpaired) electrons. The van der Waals surface area contributed by atoms with E-state index < -0.39 is 32.0 Å². The average molecular weight is 374 g/mol. The zero-order valence-corrected chi connectivity index (χ0v) is 18.2. The highest BCUT2D eigenvalue weighted by molar-refractivity contribution is 6.74. The first-order valence-corrected chi connectivity index (χ1v) is 11.8. The van der Waals surface area contributed by atoms with Gasteiger partial charge in [-0.3, -0.25) is 4.79 Å². The molecule has 0 aliphatic carbocycles. The van der Waals surface area contributed by atoms with Gasteiger partial charge >= 0.3 is 6.09 Å². The summed E-state index contributed by atoms with van der Waals surface area (Å²) in [6.07, 6.45) is -1.58. The van der Waals surface area contributed by atoms with Crippen LogP contribution < -0.4 is 0 Å². The number of rotatable bonds is 4. The number of carbonyl (C=O) groups is 2. The molecule has 0 bridgehead atoms. The molecule has 0 spiro atoms. The van der Waals surface area contributed by atoms with Crippen molar-refractivity contribution < 1.29 is 23.9 Å². The third-order valence-electron chi connectivity index (χ3n) is 5.08. The van der Waals surface area contributed by atoms with E-state index in [1.807, 2.05) is 6.92 Å². The minimum Gasteiger partial charge on any atom is -0.443 e. The van der Waals surface area contributed by atoms with Gasteiger partial charge in [-0.25, -0.2) is 9.69 Å². The number of likely N-dealkylation sites (tertiary alicyclic amines) is 1. The molecule has 1 fully saturated rings. The van der Waals surface area contributed by atoms with E-state index in [2.05, 4.69) is 33.9 Å². The van der Waals surface area contributed by atoms with Crippen molar-refractivity contribution in [2.24, 2.45) is 11.8 Å². The van der Waals surface area contributed by atoms with E-state index in [9.17, 15) is 14.7 Å². The maximum absolute atomic E-state index is 12.6. The molecule has 0 aromatic heterocycles. The van der Waals surface area contributed by atoms with Crippen LogP contribution in [0, 0.1) is 11.8 Å². The first-order valence-electron chi connectivity index (χ1n) is 8.93. The molecule has 3 atom stereocenters. The monoisotopic (exact) mass is 373 g/mol. The van der Waals surface area contributed by atoms with Crippen molar-refractivity contribution in [3.05, 3.63) is 0 Å². The zero-order chi connectivity index (χ0) is 19.8. The molecule has 146 valence electrons. The Bertz CT molecular complexity index is 507. The van der Waals surface area contributed by atoms with Gasteiger partial charge in [0.1, 0.15) is 5.60 Å². The summed E-state index contributed by atoms with van der Waals surface area (Å²) in [5.74, 6) is -1.16. The second-order valence-corrected chi connectivity index (χ2v) is 14.4. The van der Waals surface area contributed by atoms with Crippen LogP contribution >= 0.6 is 0 Å². The van der Waals surface area contributed by atoms with Gasteiger partial charge in [-0.2, -0.15) is 0 Å². The van der Waals surface area contributed by atoms with Crippen LogP contribution in [0.3, 0.4) is 0 Å². The molecule has 2 amide bonds. The second kappa shape index (κ2) is 7.37. The molecular formula is C18H35NO5Si. The van der Waals surface area contributed by atoms with Crippen molar-refractivity contribution in [2.75, 3.05) is 13.2 Å². The van der Waals surface area contributed by atoms with E-state index in [4.69, 9.17) is 9.16 Å². The fraction of sp³-hybridized carbons (Fsp3) is 0.889. The third kappa shape index (κ3) is 5.52. The number of nitrogens with zero attached hydrogens (tertiary/aromatic N) is 1. The predicted octanol–water partition coefficient (Wildman–Crippen LogP) is 3.40. The minimum absolute atomic E-state index is 0.0283. The van der Waals surface area contributed by atoms with Crippen LogP contribution in [0.2, 0.25) is 18.1 Å². The molecule has 1 rings (SSSR count). The Morgan fingerprint density at radius 1 is 1.28 bits per heavy atom. The Hall–Kier alpha value is -0.923. The zero-order valence-electron chi connectivity index (χ0n) is 17.2. The predicted molar refractivity (Wildman–Crippen MR) is 99.8 cm³/mol. The maximum Gasteiger partial charge on any atom is 0.417 e. The Morgan fingerprint density at radius 2 is 1.80 bits per heavy atom. The first-order chi connectivity index (χ1) is 11.1. The number of hydrogen-bond acceptors (Lipinski definition) is 5. The first kappa shape index (κ1) is 22.1. The smallest absolute Gasteiger partial charge is 0.417 e. The molecule has 1 aliphatic rings. The van der Waals surface area contributed by atoms with E-state index >= 15 is 0 Å². The van der Waals surface area contributed by atoms with Gasteiger partial charge in [0.2, 0.25) is 5.91 Å². The van der Waals surface area contributed by atoms with E-state index in [-0.39, 0.29) is 30.0 Å². The number of carbonyl (C=O) groups excluding carboxylic acids is 2. The lowest BCUT2D eigenvalue weighted by Gasteiger charge is -2.37. The molecule has 7 heteroatoms. The van der Waals surface area contributed by atoms with Crippen molar-refractivity contribution >= 4 is 20.3 Å². The number of amides is 2. The molecule has 1 heterocycles. The van der Waals surface area contributed by atoms with Gasteiger partial charge in [0.05, 0.1) is 18.6 Å². The second-order valence-electron chi connectivity index (χ2n) is 9.57. The SMILES string of the molecule is CC1CN(C(=O)OC(C)(C)C)C(=O)C1C(O)CO[Si](C)(C)C(C)(C)C. The van der Waals surface area contributed by atoms with Crippen LogP contribution in [0.4, 0.5) is 4.79 Å². The fourth-order valence-electron chi connectivity index (χ4n) is 2.55.